The maximum atomic E-state index is 5.97. The molecule has 1 aromatic carbocycles. The first-order valence-corrected chi connectivity index (χ1v) is 9.00. The standard InChI is InChI=1S/C15H26O4Si/c1-6-17-20(18-7-2,19-8-3)13(4)14-11-9-10-12-15(14)16-5/h9-13H,6-8H2,1-5H3. The molecule has 20 heavy (non-hydrogen) atoms. The molecule has 0 aromatic heterocycles. The average molecular weight is 298 g/mol. The fraction of sp³-hybridized carbons (Fsp3) is 0.600. The molecule has 0 fully saturated rings. The molecule has 0 N–H and O–H groups in total. The van der Waals surface area contributed by atoms with Crippen LogP contribution in [0.3, 0.4) is 0 Å². The van der Waals surface area contributed by atoms with Gasteiger partial charge >= 0.3 is 8.80 Å². The summed E-state index contributed by atoms with van der Waals surface area (Å²) in [5, 5.41) is 0. The average Bonchev–Trinajstić information content (AvgIpc) is 2.47. The Kier molecular flexibility index (Phi) is 7.22. The van der Waals surface area contributed by atoms with Gasteiger partial charge in [0.15, 0.2) is 0 Å². The molecule has 0 radical (unpaired) electrons. The van der Waals surface area contributed by atoms with E-state index >= 15 is 0 Å². The lowest BCUT2D eigenvalue weighted by Crippen LogP contribution is -2.51. The van der Waals surface area contributed by atoms with Crippen molar-refractivity contribution in [3.05, 3.63) is 29.8 Å². The third kappa shape index (κ3) is 3.82. The molecule has 0 amide bonds. The van der Waals surface area contributed by atoms with Gasteiger partial charge in [0, 0.05) is 25.4 Å². The van der Waals surface area contributed by atoms with E-state index in [1.54, 1.807) is 7.11 Å². The Balaban J connectivity index is 3.16. The van der Waals surface area contributed by atoms with Crippen LogP contribution in [0.15, 0.2) is 24.3 Å². The van der Waals surface area contributed by atoms with Gasteiger partial charge in [-0.25, -0.2) is 0 Å². The number of rotatable bonds is 9. The van der Waals surface area contributed by atoms with Crippen LogP contribution in [-0.4, -0.2) is 35.7 Å². The van der Waals surface area contributed by atoms with Crippen molar-refractivity contribution in [3.8, 4) is 5.75 Å². The molecule has 0 heterocycles. The van der Waals surface area contributed by atoms with Crippen molar-refractivity contribution in [2.45, 2.75) is 33.2 Å². The lowest BCUT2D eigenvalue weighted by Gasteiger charge is -2.34. The Hall–Kier alpha value is -0.883. The summed E-state index contributed by atoms with van der Waals surface area (Å²) in [7, 11) is -1.09. The first kappa shape index (κ1) is 17.2. The second-order valence-electron chi connectivity index (χ2n) is 4.37. The Labute approximate surface area is 123 Å². The Morgan fingerprint density at radius 3 is 1.90 bits per heavy atom. The van der Waals surface area contributed by atoms with Gasteiger partial charge in [0.2, 0.25) is 0 Å². The van der Waals surface area contributed by atoms with Gasteiger partial charge in [-0.3, -0.25) is 0 Å². The SMILES string of the molecule is CCO[Si](OCC)(OCC)C(C)c1ccccc1OC. The van der Waals surface area contributed by atoms with Crippen LogP contribution >= 0.6 is 0 Å². The smallest absolute Gasteiger partial charge is 0.496 e. The summed E-state index contributed by atoms with van der Waals surface area (Å²) in [5.74, 6) is 0.844. The summed E-state index contributed by atoms with van der Waals surface area (Å²) in [6.45, 7) is 9.71. The molecule has 0 saturated heterocycles. The van der Waals surface area contributed by atoms with Crippen molar-refractivity contribution in [1.29, 1.82) is 0 Å². The van der Waals surface area contributed by atoms with Gasteiger partial charge in [0.05, 0.1) is 12.7 Å². The van der Waals surface area contributed by atoms with Crippen molar-refractivity contribution < 1.29 is 18.0 Å². The van der Waals surface area contributed by atoms with Gasteiger partial charge in [-0.15, -0.1) is 0 Å². The summed E-state index contributed by atoms with van der Waals surface area (Å²) >= 11 is 0. The van der Waals surface area contributed by atoms with Crippen molar-refractivity contribution >= 4 is 8.80 Å². The van der Waals surface area contributed by atoms with Gasteiger partial charge in [-0.05, 0) is 26.8 Å². The molecule has 114 valence electrons. The quantitative estimate of drug-likeness (QED) is 0.655. The molecule has 0 aliphatic heterocycles. The van der Waals surface area contributed by atoms with E-state index < -0.39 is 8.80 Å². The monoisotopic (exact) mass is 298 g/mol. The summed E-state index contributed by atoms with van der Waals surface area (Å²) < 4.78 is 23.3. The van der Waals surface area contributed by atoms with Crippen molar-refractivity contribution in [1.82, 2.24) is 0 Å². The largest absolute Gasteiger partial charge is 0.508 e. The van der Waals surface area contributed by atoms with Crippen LogP contribution in [0.4, 0.5) is 0 Å². The summed E-state index contributed by atoms with van der Waals surface area (Å²) in [4.78, 5) is 0. The van der Waals surface area contributed by atoms with Gasteiger partial charge in [0.1, 0.15) is 5.75 Å². The van der Waals surface area contributed by atoms with Gasteiger partial charge in [0.25, 0.3) is 0 Å². The minimum atomic E-state index is -2.77. The molecule has 1 aromatic rings. The van der Waals surface area contributed by atoms with Gasteiger partial charge < -0.3 is 18.0 Å². The first-order valence-electron chi connectivity index (χ1n) is 7.19. The molecule has 0 aliphatic rings. The third-order valence-corrected chi connectivity index (χ3v) is 6.62. The minimum Gasteiger partial charge on any atom is -0.496 e. The predicted molar refractivity (Wildman–Crippen MR) is 82.0 cm³/mol. The fourth-order valence-electron chi connectivity index (χ4n) is 2.32. The summed E-state index contributed by atoms with van der Waals surface area (Å²) in [6, 6.07) is 7.95. The molecule has 0 bridgehead atoms. The molecule has 0 spiro atoms. The lowest BCUT2D eigenvalue weighted by molar-refractivity contribution is 0.0631. The third-order valence-electron chi connectivity index (χ3n) is 3.17. The second kappa shape index (κ2) is 8.41. The number of para-hydroxylation sites is 1. The molecule has 1 unspecified atom stereocenters. The number of methoxy groups -OCH3 is 1. The molecule has 1 atom stereocenters. The Morgan fingerprint density at radius 2 is 1.45 bits per heavy atom. The molecule has 5 heteroatoms. The Bertz CT molecular complexity index is 380. The molecule has 0 aliphatic carbocycles. The van der Waals surface area contributed by atoms with E-state index in [2.05, 4.69) is 6.92 Å². The summed E-state index contributed by atoms with van der Waals surface area (Å²) in [5.41, 5.74) is 1.09. The highest BCUT2D eigenvalue weighted by Crippen LogP contribution is 2.35. The number of hydrogen-bond acceptors (Lipinski definition) is 4. The van der Waals surface area contributed by atoms with E-state index in [1.807, 2.05) is 45.0 Å². The highest BCUT2D eigenvalue weighted by atomic mass is 28.4. The van der Waals surface area contributed by atoms with Crippen LogP contribution in [0.5, 0.6) is 5.75 Å². The topological polar surface area (TPSA) is 36.9 Å². The highest BCUT2D eigenvalue weighted by Gasteiger charge is 2.48. The van der Waals surface area contributed by atoms with Crippen molar-refractivity contribution in [2.75, 3.05) is 26.9 Å². The molecule has 4 nitrogen and oxygen atoms in total. The molecular formula is C15H26O4Si. The van der Waals surface area contributed by atoms with Crippen LogP contribution in [0.2, 0.25) is 0 Å². The zero-order valence-electron chi connectivity index (χ0n) is 13.1. The van der Waals surface area contributed by atoms with E-state index in [0.29, 0.717) is 19.8 Å². The van der Waals surface area contributed by atoms with E-state index in [-0.39, 0.29) is 5.54 Å². The number of hydrogen-bond donors (Lipinski definition) is 0. The fourth-order valence-corrected chi connectivity index (χ4v) is 5.14. The van der Waals surface area contributed by atoms with Gasteiger partial charge in [-0.1, -0.05) is 25.1 Å². The lowest BCUT2D eigenvalue weighted by atomic mass is 10.1. The number of ether oxygens (including phenoxy) is 1. The maximum absolute atomic E-state index is 5.97. The van der Waals surface area contributed by atoms with Crippen LogP contribution < -0.4 is 4.74 Å². The zero-order valence-corrected chi connectivity index (χ0v) is 14.1. The maximum Gasteiger partial charge on any atom is 0.508 e. The van der Waals surface area contributed by atoms with E-state index in [0.717, 1.165) is 11.3 Å². The van der Waals surface area contributed by atoms with Crippen molar-refractivity contribution in [3.63, 3.8) is 0 Å². The van der Waals surface area contributed by atoms with E-state index in [4.69, 9.17) is 18.0 Å². The predicted octanol–water partition coefficient (Wildman–Crippen LogP) is 3.39. The van der Waals surface area contributed by atoms with Crippen LogP contribution in [0.1, 0.15) is 38.8 Å². The number of benzene rings is 1. The normalized spacial score (nSPS) is 13.2. The molecule has 1 rings (SSSR count). The van der Waals surface area contributed by atoms with Crippen molar-refractivity contribution in [2.24, 2.45) is 0 Å². The van der Waals surface area contributed by atoms with E-state index in [9.17, 15) is 0 Å². The van der Waals surface area contributed by atoms with Crippen LogP contribution in [0, 0.1) is 0 Å². The first-order chi connectivity index (χ1) is 9.65. The van der Waals surface area contributed by atoms with E-state index in [1.165, 1.54) is 0 Å². The zero-order chi connectivity index (χ0) is 15.0. The second-order valence-corrected chi connectivity index (χ2v) is 7.31. The Morgan fingerprint density at radius 1 is 0.950 bits per heavy atom. The molecular weight excluding hydrogens is 272 g/mol. The van der Waals surface area contributed by atoms with Crippen LogP contribution in [0.25, 0.3) is 0 Å². The van der Waals surface area contributed by atoms with Crippen LogP contribution in [-0.2, 0) is 13.3 Å². The van der Waals surface area contributed by atoms with Gasteiger partial charge in [-0.2, -0.15) is 0 Å². The highest BCUT2D eigenvalue weighted by molar-refractivity contribution is 6.62. The molecule has 0 saturated carbocycles. The summed E-state index contributed by atoms with van der Waals surface area (Å²) in [6.07, 6.45) is 0. The minimum absolute atomic E-state index is 0.0264.